The van der Waals surface area contributed by atoms with Gasteiger partial charge in [0.25, 0.3) is 0 Å². The van der Waals surface area contributed by atoms with Gasteiger partial charge in [0.05, 0.1) is 17.1 Å². The van der Waals surface area contributed by atoms with Gasteiger partial charge in [-0.2, -0.15) is 5.10 Å². The Morgan fingerprint density at radius 1 is 1.29 bits per heavy atom. The number of rotatable bonds is 4. The van der Waals surface area contributed by atoms with Crippen molar-refractivity contribution in [2.24, 2.45) is 7.05 Å². The number of aromatic nitrogens is 2. The number of hydrogen-bond acceptors (Lipinski definition) is 3. The standard InChI is InChI=1S/C15H19IN4O/c1-9-14(11(3)20(4)19-9)18-15(21)10(2)17-13-7-5-12(16)6-8-13/h5-8,10,17H,1-4H3,(H,18,21)/t10-/m0/s1. The molecule has 0 bridgehead atoms. The van der Waals surface area contributed by atoms with Gasteiger partial charge in [0.15, 0.2) is 0 Å². The zero-order valence-electron chi connectivity index (χ0n) is 12.6. The minimum atomic E-state index is -0.330. The number of aryl methyl sites for hydroxylation is 2. The van der Waals surface area contributed by atoms with Gasteiger partial charge in [-0.15, -0.1) is 0 Å². The van der Waals surface area contributed by atoms with Gasteiger partial charge in [-0.3, -0.25) is 9.48 Å². The highest BCUT2D eigenvalue weighted by atomic mass is 127. The van der Waals surface area contributed by atoms with Crippen molar-refractivity contribution in [3.63, 3.8) is 0 Å². The molecule has 1 heterocycles. The van der Waals surface area contributed by atoms with E-state index < -0.39 is 0 Å². The molecule has 0 spiro atoms. The average Bonchev–Trinajstić information content (AvgIpc) is 2.68. The van der Waals surface area contributed by atoms with Crippen LogP contribution in [0.15, 0.2) is 24.3 Å². The van der Waals surface area contributed by atoms with E-state index in [2.05, 4.69) is 38.3 Å². The molecule has 1 aromatic heterocycles. The van der Waals surface area contributed by atoms with Crippen molar-refractivity contribution in [2.75, 3.05) is 10.6 Å². The number of carbonyl (C=O) groups is 1. The summed E-state index contributed by atoms with van der Waals surface area (Å²) in [6.07, 6.45) is 0. The molecule has 0 saturated heterocycles. The highest BCUT2D eigenvalue weighted by Gasteiger charge is 2.17. The first-order valence-electron chi connectivity index (χ1n) is 6.71. The minimum Gasteiger partial charge on any atom is -0.374 e. The third-order valence-corrected chi connectivity index (χ3v) is 4.10. The van der Waals surface area contributed by atoms with Crippen molar-refractivity contribution < 1.29 is 4.79 Å². The van der Waals surface area contributed by atoms with E-state index in [1.807, 2.05) is 52.1 Å². The molecule has 0 aliphatic rings. The summed E-state index contributed by atoms with van der Waals surface area (Å²) in [4.78, 5) is 12.3. The fourth-order valence-corrected chi connectivity index (χ4v) is 2.41. The zero-order valence-corrected chi connectivity index (χ0v) is 14.7. The monoisotopic (exact) mass is 398 g/mol. The molecule has 2 rings (SSSR count). The summed E-state index contributed by atoms with van der Waals surface area (Å²) >= 11 is 2.25. The van der Waals surface area contributed by atoms with E-state index in [1.165, 1.54) is 0 Å². The van der Waals surface area contributed by atoms with E-state index in [-0.39, 0.29) is 11.9 Å². The van der Waals surface area contributed by atoms with Crippen LogP contribution in [0.1, 0.15) is 18.3 Å². The molecule has 0 fully saturated rings. The van der Waals surface area contributed by atoms with Crippen molar-refractivity contribution in [1.29, 1.82) is 0 Å². The third kappa shape index (κ3) is 3.75. The molecule has 112 valence electrons. The van der Waals surface area contributed by atoms with Crippen LogP contribution in [0.3, 0.4) is 0 Å². The molecule has 2 N–H and O–H groups in total. The Balaban J connectivity index is 2.04. The topological polar surface area (TPSA) is 59.0 Å². The maximum absolute atomic E-state index is 12.3. The number of carbonyl (C=O) groups excluding carboxylic acids is 1. The van der Waals surface area contributed by atoms with Gasteiger partial charge >= 0.3 is 0 Å². The molecule has 2 aromatic rings. The van der Waals surface area contributed by atoms with E-state index in [4.69, 9.17) is 0 Å². The van der Waals surface area contributed by atoms with Gasteiger partial charge in [-0.25, -0.2) is 0 Å². The molecule has 0 aliphatic heterocycles. The van der Waals surface area contributed by atoms with Gasteiger partial charge in [0.1, 0.15) is 6.04 Å². The van der Waals surface area contributed by atoms with E-state index in [0.717, 1.165) is 26.3 Å². The van der Waals surface area contributed by atoms with Gasteiger partial charge in [0.2, 0.25) is 5.91 Å². The lowest BCUT2D eigenvalue weighted by Crippen LogP contribution is -2.32. The van der Waals surface area contributed by atoms with Crippen LogP contribution in [0.2, 0.25) is 0 Å². The first-order valence-corrected chi connectivity index (χ1v) is 7.79. The number of nitrogens with one attached hydrogen (secondary N) is 2. The van der Waals surface area contributed by atoms with Crippen LogP contribution in [-0.4, -0.2) is 21.7 Å². The molecule has 1 aromatic carbocycles. The Morgan fingerprint density at radius 3 is 2.43 bits per heavy atom. The second-order valence-corrected chi connectivity index (χ2v) is 6.28. The number of halogens is 1. The van der Waals surface area contributed by atoms with Crippen molar-refractivity contribution in [3.05, 3.63) is 39.2 Å². The molecular weight excluding hydrogens is 379 g/mol. The molecule has 0 saturated carbocycles. The first kappa shape index (κ1) is 15.8. The highest BCUT2D eigenvalue weighted by Crippen LogP contribution is 2.19. The second-order valence-electron chi connectivity index (χ2n) is 5.03. The predicted octanol–water partition coefficient (Wildman–Crippen LogP) is 3.08. The summed E-state index contributed by atoms with van der Waals surface area (Å²) in [5.41, 5.74) is 3.49. The normalized spacial score (nSPS) is 12.0. The quantitative estimate of drug-likeness (QED) is 0.779. The molecule has 6 heteroatoms. The fourth-order valence-electron chi connectivity index (χ4n) is 2.05. The number of hydrogen-bond donors (Lipinski definition) is 2. The summed E-state index contributed by atoms with van der Waals surface area (Å²) in [6.45, 7) is 5.67. The van der Waals surface area contributed by atoms with Crippen LogP contribution in [0.25, 0.3) is 0 Å². The van der Waals surface area contributed by atoms with E-state index in [0.29, 0.717) is 0 Å². The molecule has 21 heavy (non-hydrogen) atoms. The molecular formula is C15H19IN4O. The molecule has 0 radical (unpaired) electrons. The predicted molar refractivity (Wildman–Crippen MR) is 93.6 cm³/mol. The third-order valence-electron chi connectivity index (χ3n) is 3.38. The number of anilines is 2. The van der Waals surface area contributed by atoms with Crippen molar-refractivity contribution in [2.45, 2.75) is 26.8 Å². The number of nitrogens with zero attached hydrogens (tertiary/aromatic N) is 2. The smallest absolute Gasteiger partial charge is 0.246 e. The molecule has 0 aliphatic carbocycles. The van der Waals surface area contributed by atoms with Gasteiger partial charge in [-0.05, 0) is 67.6 Å². The Kier molecular flexibility index (Phi) is 4.87. The van der Waals surface area contributed by atoms with Gasteiger partial charge in [0, 0.05) is 16.3 Å². The lowest BCUT2D eigenvalue weighted by atomic mass is 10.2. The van der Waals surface area contributed by atoms with Gasteiger partial charge < -0.3 is 10.6 Å². The largest absolute Gasteiger partial charge is 0.374 e. The van der Waals surface area contributed by atoms with E-state index in [9.17, 15) is 4.79 Å². The summed E-state index contributed by atoms with van der Waals surface area (Å²) in [5.74, 6) is -0.0762. The van der Waals surface area contributed by atoms with Crippen LogP contribution in [0, 0.1) is 17.4 Å². The SMILES string of the molecule is Cc1nn(C)c(C)c1NC(=O)[C@H](C)Nc1ccc(I)cc1. The zero-order chi connectivity index (χ0) is 15.6. The molecule has 1 atom stereocenters. The minimum absolute atomic E-state index is 0.0762. The Bertz CT molecular complexity index is 648. The van der Waals surface area contributed by atoms with Crippen molar-refractivity contribution in [1.82, 2.24) is 9.78 Å². The maximum atomic E-state index is 12.3. The lowest BCUT2D eigenvalue weighted by molar-refractivity contribution is -0.116. The average molecular weight is 398 g/mol. The molecule has 0 unspecified atom stereocenters. The Hall–Kier alpha value is -1.57. The highest BCUT2D eigenvalue weighted by molar-refractivity contribution is 14.1. The number of amides is 1. The van der Waals surface area contributed by atoms with Gasteiger partial charge in [-0.1, -0.05) is 0 Å². The first-order chi connectivity index (χ1) is 9.88. The van der Waals surface area contributed by atoms with E-state index in [1.54, 1.807) is 4.68 Å². The van der Waals surface area contributed by atoms with Crippen LogP contribution in [0.4, 0.5) is 11.4 Å². The van der Waals surface area contributed by atoms with Crippen molar-refractivity contribution in [3.8, 4) is 0 Å². The lowest BCUT2D eigenvalue weighted by Gasteiger charge is -2.15. The summed E-state index contributed by atoms with van der Waals surface area (Å²) < 4.78 is 2.93. The van der Waals surface area contributed by atoms with Crippen molar-refractivity contribution >= 4 is 39.9 Å². The van der Waals surface area contributed by atoms with Crippen LogP contribution in [-0.2, 0) is 11.8 Å². The Morgan fingerprint density at radius 2 is 1.90 bits per heavy atom. The fraction of sp³-hybridized carbons (Fsp3) is 0.333. The van der Waals surface area contributed by atoms with Crippen LogP contribution in [0.5, 0.6) is 0 Å². The van der Waals surface area contributed by atoms with E-state index >= 15 is 0 Å². The molecule has 5 nitrogen and oxygen atoms in total. The second kappa shape index (κ2) is 6.46. The maximum Gasteiger partial charge on any atom is 0.246 e. The van der Waals surface area contributed by atoms with Crippen LogP contribution >= 0.6 is 22.6 Å². The summed E-state index contributed by atoms with van der Waals surface area (Å²) in [5, 5.41) is 10.4. The van der Waals surface area contributed by atoms with Crippen LogP contribution < -0.4 is 10.6 Å². The number of benzene rings is 1. The Labute approximate surface area is 138 Å². The molecule has 1 amide bonds. The summed E-state index contributed by atoms with van der Waals surface area (Å²) in [7, 11) is 1.87. The summed E-state index contributed by atoms with van der Waals surface area (Å²) in [6, 6.07) is 7.61.